The maximum absolute atomic E-state index is 13.4. The van der Waals surface area contributed by atoms with E-state index in [1.807, 2.05) is 13.0 Å². The predicted molar refractivity (Wildman–Crippen MR) is 61.8 cm³/mol. The Morgan fingerprint density at radius 2 is 1.76 bits per heavy atom. The molecule has 1 aromatic carbocycles. The highest BCUT2D eigenvalue weighted by molar-refractivity contribution is 5.47. The lowest BCUT2D eigenvalue weighted by Crippen LogP contribution is -2.08. The second-order valence-electron chi connectivity index (χ2n) is 3.91. The Balaban J connectivity index is 2.21. The molecule has 1 aromatic heterocycles. The Labute approximate surface area is 98.3 Å². The van der Waals surface area contributed by atoms with Crippen LogP contribution < -0.4 is 5.32 Å². The fourth-order valence-electron chi connectivity index (χ4n) is 1.61. The second kappa shape index (κ2) is 4.57. The van der Waals surface area contributed by atoms with Gasteiger partial charge in [-0.15, -0.1) is 0 Å². The Bertz CT molecular complexity index is 502. The van der Waals surface area contributed by atoms with Gasteiger partial charge >= 0.3 is 0 Å². The van der Waals surface area contributed by atoms with Crippen LogP contribution in [0.5, 0.6) is 0 Å². The summed E-state index contributed by atoms with van der Waals surface area (Å²) in [4.78, 5) is 0. The summed E-state index contributed by atoms with van der Waals surface area (Å²) in [7, 11) is 0. The molecular formula is C13H13F2NO. The van der Waals surface area contributed by atoms with E-state index in [1.165, 1.54) is 18.2 Å². The number of para-hydroxylation sites is 1. The molecule has 0 saturated heterocycles. The van der Waals surface area contributed by atoms with E-state index in [2.05, 4.69) is 5.32 Å². The molecule has 2 aromatic rings. The molecule has 1 unspecified atom stereocenters. The van der Waals surface area contributed by atoms with E-state index in [9.17, 15) is 8.78 Å². The molecule has 0 aliphatic carbocycles. The third kappa shape index (κ3) is 2.46. The minimum Gasteiger partial charge on any atom is -0.464 e. The van der Waals surface area contributed by atoms with Crippen molar-refractivity contribution >= 4 is 5.69 Å². The van der Waals surface area contributed by atoms with E-state index >= 15 is 0 Å². The van der Waals surface area contributed by atoms with Crippen LogP contribution in [0.15, 0.2) is 34.7 Å². The zero-order chi connectivity index (χ0) is 12.4. The van der Waals surface area contributed by atoms with Gasteiger partial charge in [-0.3, -0.25) is 0 Å². The predicted octanol–water partition coefficient (Wildman–Crippen LogP) is 4.04. The summed E-state index contributed by atoms with van der Waals surface area (Å²) in [5, 5.41) is 2.76. The topological polar surface area (TPSA) is 25.2 Å². The van der Waals surface area contributed by atoms with Crippen LogP contribution in [-0.4, -0.2) is 0 Å². The molecule has 0 aliphatic rings. The summed E-state index contributed by atoms with van der Waals surface area (Å²) in [6.45, 7) is 3.60. The SMILES string of the molecule is Cc1ccc(C(C)Nc2c(F)cccc2F)o1. The molecule has 1 atom stereocenters. The zero-order valence-electron chi connectivity index (χ0n) is 9.63. The van der Waals surface area contributed by atoms with E-state index in [4.69, 9.17) is 4.42 Å². The molecule has 0 bridgehead atoms. The van der Waals surface area contributed by atoms with Crippen LogP contribution in [0.4, 0.5) is 14.5 Å². The molecule has 2 rings (SSSR count). The lowest BCUT2D eigenvalue weighted by Gasteiger charge is -2.14. The van der Waals surface area contributed by atoms with Crippen LogP contribution in [0.25, 0.3) is 0 Å². The van der Waals surface area contributed by atoms with Crippen LogP contribution >= 0.6 is 0 Å². The highest BCUT2D eigenvalue weighted by Gasteiger charge is 2.14. The van der Waals surface area contributed by atoms with E-state index in [1.54, 1.807) is 13.0 Å². The van der Waals surface area contributed by atoms with Gasteiger partial charge in [-0.05, 0) is 38.1 Å². The second-order valence-corrected chi connectivity index (χ2v) is 3.91. The Kier molecular flexibility index (Phi) is 3.13. The molecule has 17 heavy (non-hydrogen) atoms. The number of aryl methyl sites for hydroxylation is 1. The van der Waals surface area contributed by atoms with Crippen LogP contribution in [0.3, 0.4) is 0 Å². The van der Waals surface area contributed by atoms with Crippen LogP contribution in [0.2, 0.25) is 0 Å². The van der Waals surface area contributed by atoms with Crippen molar-refractivity contribution in [2.45, 2.75) is 19.9 Å². The van der Waals surface area contributed by atoms with E-state index in [0.717, 1.165) is 5.76 Å². The van der Waals surface area contributed by atoms with Gasteiger partial charge in [0, 0.05) is 0 Å². The maximum atomic E-state index is 13.4. The molecule has 0 amide bonds. The van der Waals surface area contributed by atoms with Gasteiger partial charge < -0.3 is 9.73 Å². The van der Waals surface area contributed by atoms with Crippen molar-refractivity contribution in [2.75, 3.05) is 5.32 Å². The first kappa shape index (κ1) is 11.6. The van der Waals surface area contributed by atoms with Gasteiger partial charge in [-0.2, -0.15) is 0 Å². The Morgan fingerprint density at radius 1 is 1.12 bits per heavy atom. The Hall–Kier alpha value is -1.84. The molecule has 0 aliphatic heterocycles. The minimum absolute atomic E-state index is 0.131. The normalized spacial score (nSPS) is 12.5. The molecule has 2 nitrogen and oxygen atoms in total. The molecule has 0 spiro atoms. The smallest absolute Gasteiger partial charge is 0.149 e. The standard InChI is InChI=1S/C13H13F2NO/c1-8-6-7-12(17-8)9(2)16-13-10(14)4-3-5-11(13)15/h3-7,9,16H,1-2H3. The number of benzene rings is 1. The first-order chi connectivity index (χ1) is 8.08. The maximum Gasteiger partial charge on any atom is 0.149 e. The highest BCUT2D eigenvalue weighted by Crippen LogP contribution is 2.25. The highest BCUT2D eigenvalue weighted by atomic mass is 19.1. The van der Waals surface area contributed by atoms with Gasteiger partial charge in [0.25, 0.3) is 0 Å². The van der Waals surface area contributed by atoms with Crippen molar-refractivity contribution in [3.8, 4) is 0 Å². The molecule has 0 saturated carbocycles. The van der Waals surface area contributed by atoms with E-state index in [-0.39, 0.29) is 11.7 Å². The van der Waals surface area contributed by atoms with Crippen LogP contribution in [0.1, 0.15) is 24.5 Å². The van der Waals surface area contributed by atoms with E-state index < -0.39 is 11.6 Å². The zero-order valence-corrected chi connectivity index (χ0v) is 9.63. The number of hydrogen-bond donors (Lipinski definition) is 1. The number of furan rings is 1. The Morgan fingerprint density at radius 3 is 2.29 bits per heavy atom. The van der Waals surface area contributed by atoms with Crippen LogP contribution in [0, 0.1) is 18.6 Å². The molecule has 0 radical (unpaired) electrons. The monoisotopic (exact) mass is 237 g/mol. The summed E-state index contributed by atoms with van der Waals surface area (Å²) < 4.78 is 32.2. The fraction of sp³-hybridized carbons (Fsp3) is 0.231. The van der Waals surface area contributed by atoms with Gasteiger partial charge in [-0.25, -0.2) is 8.78 Å². The molecule has 4 heteroatoms. The third-order valence-corrected chi connectivity index (χ3v) is 2.51. The first-order valence-electron chi connectivity index (χ1n) is 5.35. The summed E-state index contributed by atoms with van der Waals surface area (Å²) in [6.07, 6.45) is 0. The van der Waals surface area contributed by atoms with Gasteiger partial charge in [-0.1, -0.05) is 6.07 Å². The van der Waals surface area contributed by atoms with Gasteiger partial charge in [0.05, 0.1) is 6.04 Å². The quantitative estimate of drug-likeness (QED) is 0.871. The molecule has 1 N–H and O–H groups in total. The van der Waals surface area contributed by atoms with Crippen molar-refractivity contribution in [2.24, 2.45) is 0 Å². The number of anilines is 1. The van der Waals surface area contributed by atoms with Crippen molar-refractivity contribution in [1.29, 1.82) is 0 Å². The molecule has 90 valence electrons. The van der Waals surface area contributed by atoms with Gasteiger partial charge in [0.2, 0.25) is 0 Å². The van der Waals surface area contributed by atoms with Crippen molar-refractivity contribution < 1.29 is 13.2 Å². The summed E-state index contributed by atoms with van der Waals surface area (Å²) >= 11 is 0. The summed E-state index contributed by atoms with van der Waals surface area (Å²) in [5.41, 5.74) is -0.131. The molecule has 1 heterocycles. The number of nitrogens with one attached hydrogen (secondary N) is 1. The van der Waals surface area contributed by atoms with Crippen molar-refractivity contribution in [3.05, 3.63) is 53.5 Å². The average molecular weight is 237 g/mol. The van der Waals surface area contributed by atoms with Gasteiger partial charge in [0.15, 0.2) is 0 Å². The molecular weight excluding hydrogens is 224 g/mol. The lowest BCUT2D eigenvalue weighted by atomic mass is 10.2. The lowest BCUT2D eigenvalue weighted by molar-refractivity contribution is 0.465. The summed E-state index contributed by atoms with van der Waals surface area (Å²) in [6, 6.07) is 7.06. The minimum atomic E-state index is -0.611. The van der Waals surface area contributed by atoms with Gasteiger partial charge in [0.1, 0.15) is 28.8 Å². The fourth-order valence-corrected chi connectivity index (χ4v) is 1.61. The third-order valence-electron chi connectivity index (χ3n) is 2.51. The number of halogens is 2. The summed E-state index contributed by atoms with van der Waals surface area (Å²) in [5.74, 6) is 0.188. The average Bonchev–Trinajstić information content (AvgIpc) is 2.70. The molecule has 0 fully saturated rings. The van der Waals surface area contributed by atoms with Crippen molar-refractivity contribution in [3.63, 3.8) is 0 Å². The van der Waals surface area contributed by atoms with Crippen molar-refractivity contribution in [1.82, 2.24) is 0 Å². The van der Waals surface area contributed by atoms with Crippen LogP contribution in [-0.2, 0) is 0 Å². The number of hydrogen-bond acceptors (Lipinski definition) is 2. The largest absolute Gasteiger partial charge is 0.464 e. The first-order valence-corrected chi connectivity index (χ1v) is 5.35. The van der Waals surface area contributed by atoms with E-state index in [0.29, 0.717) is 5.76 Å². The number of rotatable bonds is 3.